The molecule has 1 spiro atoms. The number of likely N-dealkylation sites (tertiary alicyclic amines) is 1. The van der Waals surface area contributed by atoms with Crippen LogP contribution in [0.25, 0.3) is 5.52 Å². The fourth-order valence-corrected chi connectivity index (χ4v) is 5.63. The maximum absolute atomic E-state index is 12.9. The summed E-state index contributed by atoms with van der Waals surface area (Å²) in [4.78, 5) is 9.18. The highest BCUT2D eigenvalue weighted by Gasteiger charge is 2.44. The van der Waals surface area contributed by atoms with Crippen LogP contribution in [-0.4, -0.2) is 51.9 Å². The maximum Gasteiger partial charge on any atom is 0.393 e. The molecule has 2 saturated heterocycles. The minimum absolute atomic E-state index is 0.194. The van der Waals surface area contributed by atoms with Crippen LogP contribution in [-0.2, 0) is 18.7 Å². The van der Waals surface area contributed by atoms with Crippen LogP contribution in [0.3, 0.4) is 0 Å². The Bertz CT molecular complexity index is 1120. The maximum atomic E-state index is 12.9. The molecule has 2 aliphatic rings. The lowest BCUT2D eigenvalue weighted by atomic mass is 9.86. The van der Waals surface area contributed by atoms with Gasteiger partial charge in [-0.1, -0.05) is 36.2 Å². The molecule has 5 rings (SSSR count). The molecule has 4 heterocycles. The van der Waals surface area contributed by atoms with Crippen molar-refractivity contribution in [1.29, 1.82) is 0 Å². The minimum atomic E-state index is -4.24. The average molecular weight is 477 g/mol. The quantitative estimate of drug-likeness (QED) is 0.542. The van der Waals surface area contributed by atoms with Gasteiger partial charge in [0.05, 0.1) is 6.42 Å². The number of rotatable bonds is 6. The molecule has 2 fully saturated rings. The lowest BCUT2D eigenvalue weighted by Crippen LogP contribution is -2.31. The molecular weight excluding hydrogens is 449 g/mol. The Morgan fingerprint density at radius 2 is 1.79 bits per heavy atom. The first-order chi connectivity index (χ1) is 15.8. The fraction of sp³-hybridized carbons (Fsp3) is 0.478. The Labute approximate surface area is 195 Å². The topological polar surface area (TPSA) is 62.7 Å². The standard InChI is InChI=1S/C23H27F3N6S/c24-23(25,26)10-19-9-20-21(28-16-29-32(20)12-19)31-8-6-22(15-31)5-7-30(14-22)11-17-1-3-18(4-2-17)13-33-27/h1-4,9,12,16H,5-8,10-11,13-15,27H2. The monoisotopic (exact) mass is 476 g/mol. The van der Waals surface area contributed by atoms with Crippen molar-refractivity contribution in [1.82, 2.24) is 19.5 Å². The van der Waals surface area contributed by atoms with E-state index in [0.717, 1.165) is 57.1 Å². The lowest BCUT2D eigenvalue weighted by Gasteiger charge is -2.25. The van der Waals surface area contributed by atoms with Gasteiger partial charge in [-0.15, -0.1) is 0 Å². The van der Waals surface area contributed by atoms with Crippen LogP contribution in [0.4, 0.5) is 19.0 Å². The summed E-state index contributed by atoms with van der Waals surface area (Å²) in [6.07, 6.45) is -0.142. The van der Waals surface area contributed by atoms with Crippen molar-refractivity contribution in [2.45, 2.75) is 37.7 Å². The molecular formula is C23H27F3N6S. The number of aromatic nitrogens is 3. The second-order valence-corrected chi connectivity index (χ2v) is 9.94. The number of hydrogen-bond donors (Lipinski definition) is 1. The van der Waals surface area contributed by atoms with E-state index < -0.39 is 12.6 Å². The molecule has 2 N–H and O–H groups in total. The molecule has 33 heavy (non-hydrogen) atoms. The summed E-state index contributed by atoms with van der Waals surface area (Å²) in [5, 5.41) is 9.68. The van der Waals surface area contributed by atoms with Gasteiger partial charge in [0.25, 0.3) is 0 Å². The molecule has 10 heteroatoms. The van der Waals surface area contributed by atoms with Crippen LogP contribution < -0.4 is 10.0 Å². The van der Waals surface area contributed by atoms with E-state index in [-0.39, 0.29) is 11.0 Å². The van der Waals surface area contributed by atoms with Crippen LogP contribution >= 0.6 is 11.9 Å². The van der Waals surface area contributed by atoms with Gasteiger partial charge in [0.1, 0.15) is 11.8 Å². The van der Waals surface area contributed by atoms with E-state index in [1.165, 1.54) is 40.1 Å². The second-order valence-electron chi connectivity index (χ2n) is 9.31. The Morgan fingerprint density at radius 3 is 2.55 bits per heavy atom. The van der Waals surface area contributed by atoms with Crippen molar-refractivity contribution in [3.05, 3.63) is 59.5 Å². The van der Waals surface area contributed by atoms with Crippen LogP contribution in [0.5, 0.6) is 0 Å². The SMILES string of the molecule is NSCc1ccc(CN2CCC3(CCN(c4ncnn5cc(CC(F)(F)F)cc45)C3)C2)cc1. The molecule has 0 radical (unpaired) electrons. The predicted octanol–water partition coefficient (Wildman–Crippen LogP) is 4.04. The van der Waals surface area contributed by atoms with Gasteiger partial charge in [-0.05, 0) is 42.1 Å². The molecule has 1 atom stereocenters. The second kappa shape index (κ2) is 8.81. The van der Waals surface area contributed by atoms with Gasteiger partial charge in [0, 0.05) is 43.5 Å². The van der Waals surface area contributed by atoms with E-state index in [4.69, 9.17) is 5.14 Å². The van der Waals surface area contributed by atoms with Gasteiger partial charge in [0.15, 0.2) is 5.82 Å². The lowest BCUT2D eigenvalue weighted by molar-refractivity contribution is -0.127. The number of nitrogens with zero attached hydrogens (tertiary/aromatic N) is 5. The summed E-state index contributed by atoms with van der Waals surface area (Å²) in [5.74, 6) is 1.54. The summed E-state index contributed by atoms with van der Waals surface area (Å²) < 4.78 is 40.1. The highest BCUT2D eigenvalue weighted by molar-refractivity contribution is 7.96. The third-order valence-electron chi connectivity index (χ3n) is 6.78. The molecule has 0 amide bonds. The number of nitrogens with two attached hydrogens (primary N) is 1. The largest absolute Gasteiger partial charge is 0.393 e. The van der Waals surface area contributed by atoms with Crippen LogP contribution in [0, 0.1) is 5.41 Å². The first-order valence-electron chi connectivity index (χ1n) is 11.1. The first kappa shape index (κ1) is 22.5. The number of anilines is 1. The highest BCUT2D eigenvalue weighted by Crippen LogP contribution is 2.42. The van der Waals surface area contributed by atoms with Gasteiger partial charge in [-0.2, -0.15) is 18.3 Å². The summed E-state index contributed by atoms with van der Waals surface area (Å²) in [7, 11) is 0. The Morgan fingerprint density at radius 1 is 1.03 bits per heavy atom. The van der Waals surface area contributed by atoms with Crippen molar-refractivity contribution >= 4 is 23.3 Å². The van der Waals surface area contributed by atoms with Gasteiger partial charge in [0.2, 0.25) is 0 Å². The zero-order valence-corrected chi connectivity index (χ0v) is 19.1. The molecule has 3 aromatic rings. The van der Waals surface area contributed by atoms with Gasteiger partial charge in [-0.25, -0.2) is 9.50 Å². The summed E-state index contributed by atoms with van der Waals surface area (Å²) in [6.45, 7) is 4.71. The van der Waals surface area contributed by atoms with Crippen molar-refractivity contribution in [3.63, 3.8) is 0 Å². The molecule has 2 aromatic heterocycles. The van der Waals surface area contributed by atoms with Crippen molar-refractivity contribution in [2.75, 3.05) is 31.1 Å². The van der Waals surface area contributed by atoms with E-state index in [1.807, 2.05) is 0 Å². The van der Waals surface area contributed by atoms with Gasteiger partial charge >= 0.3 is 6.18 Å². The van der Waals surface area contributed by atoms with E-state index in [1.54, 1.807) is 6.07 Å². The molecule has 1 unspecified atom stereocenters. The van der Waals surface area contributed by atoms with E-state index in [0.29, 0.717) is 5.52 Å². The summed E-state index contributed by atoms with van der Waals surface area (Å²) in [5.41, 5.74) is 3.58. The number of benzene rings is 1. The fourth-order valence-electron chi connectivity index (χ4n) is 5.25. The summed E-state index contributed by atoms with van der Waals surface area (Å²) >= 11 is 1.33. The number of fused-ring (bicyclic) bond motifs is 1. The number of halogens is 3. The van der Waals surface area contributed by atoms with Crippen molar-refractivity contribution in [2.24, 2.45) is 10.6 Å². The first-order valence-corrected chi connectivity index (χ1v) is 12.1. The molecule has 2 aliphatic heterocycles. The third-order valence-corrected chi connectivity index (χ3v) is 7.28. The zero-order chi connectivity index (χ0) is 23.1. The average Bonchev–Trinajstić information content (AvgIpc) is 3.47. The Hall–Kier alpha value is -2.30. The zero-order valence-electron chi connectivity index (χ0n) is 18.3. The normalized spacial score (nSPS) is 21.6. The third kappa shape index (κ3) is 4.97. The molecule has 0 saturated carbocycles. The van der Waals surface area contributed by atoms with Crippen molar-refractivity contribution < 1.29 is 13.2 Å². The molecule has 0 bridgehead atoms. The Kier molecular flexibility index (Phi) is 6.00. The molecule has 1 aromatic carbocycles. The smallest absolute Gasteiger partial charge is 0.354 e. The van der Waals surface area contributed by atoms with Crippen molar-refractivity contribution in [3.8, 4) is 0 Å². The molecule has 6 nitrogen and oxygen atoms in total. The van der Waals surface area contributed by atoms with Gasteiger partial charge < -0.3 is 4.90 Å². The Balaban J connectivity index is 1.26. The number of hydrogen-bond acceptors (Lipinski definition) is 6. The predicted molar refractivity (Wildman–Crippen MR) is 124 cm³/mol. The number of alkyl halides is 3. The highest BCUT2D eigenvalue weighted by atomic mass is 32.2. The minimum Gasteiger partial charge on any atom is -0.354 e. The van der Waals surface area contributed by atoms with E-state index >= 15 is 0 Å². The summed E-state index contributed by atoms with van der Waals surface area (Å²) in [6, 6.07) is 10.2. The van der Waals surface area contributed by atoms with Gasteiger partial charge in [-0.3, -0.25) is 10.0 Å². The van der Waals surface area contributed by atoms with E-state index in [2.05, 4.69) is 44.1 Å². The van der Waals surface area contributed by atoms with Crippen LogP contribution in [0.2, 0.25) is 0 Å². The van der Waals surface area contributed by atoms with Crippen LogP contribution in [0.15, 0.2) is 42.9 Å². The molecule has 176 valence electrons. The van der Waals surface area contributed by atoms with Crippen LogP contribution in [0.1, 0.15) is 29.5 Å². The molecule has 0 aliphatic carbocycles. The van der Waals surface area contributed by atoms with E-state index in [9.17, 15) is 13.2 Å².